The van der Waals surface area contributed by atoms with Gasteiger partial charge in [0, 0.05) is 0 Å². The topological polar surface area (TPSA) is 112 Å². The van der Waals surface area contributed by atoms with Crippen LogP contribution >= 0.6 is 0 Å². The number of carboxylic acids is 3. The predicted molar refractivity (Wildman–Crippen MR) is 149 cm³/mol. The van der Waals surface area contributed by atoms with E-state index in [-0.39, 0.29) is 5.56 Å². The summed E-state index contributed by atoms with van der Waals surface area (Å²) in [6.07, 6.45) is 16.3. The summed E-state index contributed by atoms with van der Waals surface area (Å²) in [5, 5.41) is 29.3. The number of rotatable bonds is 21. The van der Waals surface area contributed by atoms with Crippen LogP contribution in [0, 0.1) is 11.8 Å². The van der Waals surface area contributed by atoms with E-state index in [1.807, 2.05) is 0 Å². The molecule has 6 nitrogen and oxygen atoms in total. The first kappa shape index (κ1) is 32.7. The molecule has 0 bridgehead atoms. The first-order chi connectivity index (χ1) is 17.6. The Bertz CT molecular complexity index is 856. The van der Waals surface area contributed by atoms with Gasteiger partial charge < -0.3 is 15.3 Å². The largest absolute Gasteiger partial charge is 0.478 e. The number of unbranched alkanes of at least 4 members (excludes halogenated alkanes) is 10. The molecule has 0 amide bonds. The van der Waals surface area contributed by atoms with Gasteiger partial charge in [-0.2, -0.15) is 0 Å². The molecule has 0 unspecified atom stereocenters. The second kappa shape index (κ2) is 18.0. The van der Waals surface area contributed by atoms with Gasteiger partial charge in [-0.25, -0.2) is 14.4 Å². The smallest absolute Gasteiger partial charge is 0.337 e. The Balaban J connectivity index is 2.91. The highest BCUT2D eigenvalue weighted by Gasteiger charge is 2.29. The maximum Gasteiger partial charge on any atom is 0.337 e. The molecule has 0 heterocycles. The van der Waals surface area contributed by atoms with E-state index in [0.29, 0.717) is 24.0 Å². The Kier molecular flexibility index (Phi) is 15.9. The average Bonchev–Trinajstić information content (AvgIpc) is 2.81. The molecule has 0 saturated carbocycles. The van der Waals surface area contributed by atoms with Gasteiger partial charge >= 0.3 is 17.9 Å². The van der Waals surface area contributed by atoms with Gasteiger partial charge in [-0.1, -0.05) is 105 Å². The monoisotopic (exact) mass is 518 g/mol. The molecule has 0 fully saturated rings. The highest BCUT2D eigenvalue weighted by molar-refractivity contribution is 6.10. The molecular weight excluding hydrogens is 468 g/mol. The second-order valence-corrected chi connectivity index (χ2v) is 11.3. The van der Waals surface area contributed by atoms with Crippen molar-refractivity contribution in [3.05, 3.63) is 33.9 Å². The number of benzene rings is 1. The van der Waals surface area contributed by atoms with E-state index in [9.17, 15) is 29.7 Å². The molecule has 0 radical (unpaired) electrons. The van der Waals surface area contributed by atoms with E-state index in [4.69, 9.17) is 0 Å². The maximum atomic E-state index is 12.2. The molecule has 0 saturated heterocycles. The molecule has 0 aliphatic rings. The van der Waals surface area contributed by atoms with Crippen molar-refractivity contribution in [3.8, 4) is 0 Å². The van der Waals surface area contributed by atoms with Crippen molar-refractivity contribution in [2.75, 3.05) is 0 Å². The number of hydrogen-bond donors (Lipinski definition) is 3. The number of aryl methyl sites for hydroxylation is 1. The van der Waals surface area contributed by atoms with Crippen LogP contribution in [0.25, 0.3) is 0 Å². The Morgan fingerprint density at radius 1 is 0.568 bits per heavy atom. The van der Waals surface area contributed by atoms with E-state index in [0.717, 1.165) is 63.2 Å². The second-order valence-electron chi connectivity index (χ2n) is 11.3. The van der Waals surface area contributed by atoms with E-state index >= 15 is 0 Å². The van der Waals surface area contributed by atoms with Crippen LogP contribution in [0.3, 0.4) is 0 Å². The van der Waals surface area contributed by atoms with Crippen molar-refractivity contribution in [2.45, 2.75) is 130 Å². The molecule has 210 valence electrons. The minimum absolute atomic E-state index is 0.340. The van der Waals surface area contributed by atoms with E-state index in [2.05, 4.69) is 27.7 Å². The fourth-order valence-corrected chi connectivity index (χ4v) is 5.05. The molecule has 1 aromatic carbocycles. The quantitative estimate of drug-likeness (QED) is 0.140. The van der Waals surface area contributed by atoms with Crippen molar-refractivity contribution >= 4 is 17.9 Å². The van der Waals surface area contributed by atoms with Crippen LogP contribution in [0.5, 0.6) is 0 Å². The summed E-state index contributed by atoms with van der Waals surface area (Å²) >= 11 is 0. The lowest BCUT2D eigenvalue weighted by Gasteiger charge is -2.17. The first-order valence-electron chi connectivity index (χ1n) is 14.4. The Morgan fingerprint density at radius 2 is 0.973 bits per heavy atom. The first-order valence-corrected chi connectivity index (χ1v) is 14.4. The predicted octanol–water partition coefficient (Wildman–Crippen LogP) is 8.64. The molecule has 0 spiro atoms. The Labute approximate surface area is 223 Å². The fourth-order valence-electron chi connectivity index (χ4n) is 5.05. The van der Waals surface area contributed by atoms with Gasteiger partial charge in [0.1, 0.15) is 0 Å². The van der Waals surface area contributed by atoms with Crippen LogP contribution in [0.1, 0.15) is 160 Å². The lowest BCUT2D eigenvalue weighted by molar-refractivity contribution is 0.0632. The van der Waals surface area contributed by atoms with E-state index in [1.165, 1.54) is 44.6 Å². The van der Waals surface area contributed by atoms with E-state index in [1.54, 1.807) is 0 Å². The van der Waals surface area contributed by atoms with Gasteiger partial charge in [-0.15, -0.1) is 0 Å². The molecular formula is C31H50O6. The fraction of sp³-hybridized carbons (Fsp3) is 0.710. The van der Waals surface area contributed by atoms with Gasteiger partial charge in [0.2, 0.25) is 0 Å². The van der Waals surface area contributed by atoms with Crippen LogP contribution in [-0.2, 0) is 12.8 Å². The normalized spacial score (nSPS) is 11.4. The van der Waals surface area contributed by atoms with Crippen molar-refractivity contribution in [1.29, 1.82) is 0 Å². The average molecular weight is 519 g/mol. The summed E-state index contributed by atoms with van der Waals surface area (Å²) in [6, 6.07) is 1.42. The van der Waals surface area contributed by atoms with Crippen LogP contribution in [-0.4, -0.2) is 33.2 Å². The summed E-state index contributed by atoms with van der Waals surface area (Å²) in [5.41, 5.74) is -0.184. The zero-order valence-corrected chi connectivity index (χ0v) is 23.6. The van der Waals surface area contributed by atoms with Gasteiger partial charge in [-0.05, 0) is 54.7 Å². The third-order valence-electron chi connectivity index (χ3n) is 7.12. The number of hydrogen-bond acceptors (Lipinski definition) is 3. The van der Waals surface area contributed by atoms with Gasteiger partial charge in [0.25, 0.3) is 0 Å². The lowest BCUT2D eigenvalue weighted by atomic mass is 9.86. The van der Waals surface area contributed by atoms with Crippen LogP contribution in [0.2, 0.25) is 0 Å². The molecule has 37 heavy (non-hydrogen) atoms. The Morgan fingerprint density at radius 3 is 1.38 bits per heavy atom. The molecule has 3 N–H and O–H groups in total. The third kappa shape index (κ3) is 12.6. The summed E-state index contributed by atoms with van der Waals surface area (Å²) in [6.45, 7) is 8.93. The lowest BCUT2D eigenvalue weighted by Crippen LogP contribution is -2.19. The van der Waals surface area contributed by atoms with Crippen LogP contribution in [0.4, 0.5) is 0 Å². The third-order valence-corrected chi connectivity index (χ3v) is 7.12. The SMILES string of the molecule is CC(C)CCCCCCCCc1cc(C(=O)O)c(C(=O)O)c(C(=O)O)c1CCCCCCCCC(C)C. The summed E-state index contributed by atoms with van der Waals surface area (Å²) < 4.78 is 0. The Hall–Kier alpha value is -2.37. The molecule has 0 aliphatic carbocycles. The number of carbonyl (C=O) groups is 3. The summed E-state index contributed by atoms with van der Waals surface area (Å²) in [7, 11) is 0. The molecule has 1 aromatic rings. The molecule has 0 aromatic heterocycles. The zero-order valence-electron chi connectivity index (χ0n) is 23.6. The van der Waals surface area contributed by atoms with Gasteiger partial charge in [0.15, 0.2) is 0 Å². The van der Waals surface area contributed by atoms with Crippen LogP contribution in [0.15, 0.2) is 6.07 Å². The van der Waals surface area contributed by atoms with Crippen molar-refractivity contribution in [2.24, 2.45) is 11.8 Å². The minimum atomic E-state index is -1.51. The number of aromatic carboxylic acids is 3. The van der Waals surface area contributed by atoms with Crippen LogP contribution < -0.4 is 0 Å². The maximum absolute atomic E-state index is 12.2. The van der Waals surface area contributed by atoms with Crippen molar-refractivity contribution in [1.82, 2.24) is 0 Å². The molecule has 6 heteroatoms. The number of carboxylic acid groups (broad SMARTS) is 3. The van der Waals surface area contributed by atoms with Crippen molar-refractivity contribution < 1.29 is 29.7 Å². The standard InChI is InChI=1S/C31H50O6/c1-22(2)17-13-9-5-7-11-15-19-24-21-26(29(32)33)28(31(36)37)27(30(34)35)25(24)20-16-12-8-6-10-14-18-23(3)4/h21-23H,5-20H2,1-4H3,(H,32,33)(H,34,35)(H,36,37). The highest BCUT2D eigenvalue weighted by Crippen LogP contribution is 2.28. The molecule has 0 atom stereocenters. The minimum Gasteiger partial charge on any atom is -0.478 e. The summed E-state index contributed by atoms with van der Waals surface area (Å²) in [4.78, 5) is 36.0. The molecule has 0 aliphatic heterocycles. The summed E-state index contributed by atoms with van der Waals surface area (Å²) in [5.74, 6) is -2.83. The molecule has 1 rings (SSSR count). The highest BCUT2D eigenvalue weighted by atomic mass is 16.4. The van der Waals surface area contributed by atoms with Gasteiger partial charge in [-0.3, -0.25) is 0 Å². The van der Waals surface area contributed by atoms with Gasteiger partial charge in [0.05, 0.1) is 16.7 Å². The van der Waals surface area contributed by atoms with E-state index < -0.39 is 29.0 Å². The van der Waals surface area contributed by atoms with Crippen molar-refractivity contribution in [3.63, 3.8) is 0 Å². The zero-order chi connectivity index (χ0) is 27.8.